The van der Waals surface area contributed by atoms with E-state index in [2.05, 4.69) is 10.6 Å². The third-order valence-corrected chi connectivity index (χ3v) is 1.61. The predicted octanol–water partition coefficient (Wildman–Crippen LogP) is 0.348. The molecule has 0 unspecified atom stereocenters. The van der Waals surface area contributed by atoms with Crippen LogP contribution >= 0.6 is 0 Å². The van der Waals surface area contributed by atoms with E-state index in [1.807, 2.05) is 0 Å². The molecule has 0 aromatic rings. The minimum Gasteiger partial charge on any atom is -0.411 e. The maximum absolute atomic E-state index is 8.43. The smallest absolute Gasteiger partial charge is 0.0763 e. The monoisotopic (exact) mass is 130 g/mol. The van der Waals surface area contributed by atoms with Gasteiger partial charge in [-0.15, -0.1) is 0 Å². The molecule has 1 rings (SSSR count). The molecule has 0 heterocycles. The number of nitrogens with one attached hydrogen (secondary N) is 1. The maximum atomic E-state index is 8.43. The Labute approximate surface area is 53.1 Å². The zero-order chi connectivity index (χ0) is 6.69. The van der Waals surface area contributed by atoms with Crippen molar-refractivity contribution in [1.82, 2.24) is 5.48 Å². The molecule has 4 heteroatoms. The molecule has 4 nitrogen and oxygen atoms in total. The van der Waals surface area contributed by atoms with Crippen LogP contribution in [0.1, 0.15) is 19.3 Å². The van der Waals surface area contributed by atoms with Crippen LogP contribution in [0, 0.1) is 0 Å². The fourth-order valence-corrected chi connectivity index (χ4v) is 1.09. The number of nitrogens with zero attached hydrogens (tertiary/aromatic N) is 1. The summed E-state index contributed by atoms with van der Waals surface area (Å²) in [5, 5.41) is 19.8. The van der Waals surface area contributed by atoms with Crippen molar-refractivity contribution in [3.63, 3.8) is 0 Å². The molecule has 0 spiro atoms. The van der Waals surface area contributed by atoms with E-state index in [0.29, 0.717) is 5.71 Å². The average Bonchev–Trinajstić information content (AvgIpc) is 2.33. The van der Waals surface area contributed by atoms with E-state index in [1.165, 1.54) is 0 Å². The molecule has 52 valence electrons. The van der Waals surface area contributed by atoms with Gasteiger partial charge in [0.2, 0.25) is 0 Å². The van der Waals surface area contributed by atoms with Crippen molar-refractivity contribution in [3.8, 4) is 0 Å². The van der Waals surface area contributed by atoms with Gasteiger partial charge in [-0.2, -0.15) is 5.48 Å². The van der Waals surface area contributed by atoms with Crippen LogP contribution in [0.25, 0.3) is 0 Å². The maximum Gasteiger partial charge on any atom is 0.0763 e. The lowest BCUT2D eigenvalue weighted by atomic mass is 10.2. The first kappa shape index (κ1) is 6.51. The van der Waals surface area contributed by atoms with Gasteiger partial charge in [0.25, 0.3) is 0 Å². The van der Waals surface area contributed by atoms with Gasteiger partial charge < -0.3 is 10.4 Å². The molecule has 0 amide bonds. The van der Waals surface area contributed by atoms with E-state index in [0.717, 1.165) is 19.3 Å². The molecule has 9 heavy (non-hydrogen) atoms. The van der Waals surface area contributed by atoms with Crippen molar-refractivity contribution in [2.75, 3.05) is 0 Å². The van der Waals surface area contributed by atoms with Crippen LogP contribution < -0.4 is 5.48 Å². The molecule has 0 aromatic heterocycles. The molecule has 1 aliphatic rings. The molecule has 0 aromatic carbocycles. The van der Waals surface area contributed by atoms with E-state index in [1.54, 1.807) is 0 Å². The standard InChI is InChI=1S/C5H10N2O2/c8-6-4-2-1-3-5(4)7-9/h4,6,8-9H,1-3H2/b7-5-/t4-/m0/s1. The highest BCUT2D eigenvalue weighted by atomic mass is 16.5. The van der Waals surface area contributed by atoms with Crippen LogP contribution in [0.2, 0.25) is 0 Å². The summed E-state index contributed by atoms with van der Waals surface area (Å²) in [6.07, 6.45) is 2.63. The summed E-state index contributed by atoms with van der Waals surface area (Å²) >= 11 is 0. The van der Waals surface area contributed by atoms with Gasteiger partial charge in [-0.1, -0.05) is 5.16 Å². The van der Waals surface area contributed by atoms with Gasteiger partial charge in [-0.25, -0.2) is 0 Å². The Kier molecular flexibility index (Phi) is 2.02. The zero-order valence-corrected chi connectivity index (χ0v) is 5.04. The number of rotatable bonds is 1. The Morgan fingerprint density at radius 2 is 2.44 bits per heavy atom. The van der Waals surface area contributed by atoms with E-state index in [4.69, 9.17) is 10.4 Å². The second-order valence-corrected chi connectivity index (χ2v) is 2.17. The fourth-order valence-electron chi connectivity index (χ4n) is 1.09. The van der Waals surface area contributed by atoms with Gasteiger partial charge in [0.05, 0.1) is 11.8 Å². The van der Waals surface area contributed by atoms with E-state index in [-0.39, 0.29) is 6.04 Å². The van der Waals surface area contributed by atoms with Crippen LogP contribution in [0.3, 0.4) is 0 Å². The van der Waals surface area contributed by atoms with E-state index < -0.39 is 0 Å². The highest BCUT2D eigenvalue weighted by Gasteiger charge is 2.21. The molecular formula is C5H10N2O2. The normalized spacial score (nSPS) is 31.7. The Balaban J connectivity index is 2.52. The van der Waals surface area contributed by atoms with Crippen LogP contribution in [0.4, 0.5) is 0 Å². The van der Waals surface area contributed by atoms with Crippen LogP contribution in [-0.4, -0.2) is 22.2 Å². The Bertz CT molecular complexity index is 124. The molecule has 1 saturated carbocycles. The summed E-state index contributed by atoms with van der Waals surface area (Å²) in [7, 11) is 0. The van der Waals surface area contributed by atoms with E-state index in [9.17, 15) is 0 Å². The fraction of sp³-hybridized carbons (Fsp3) is 0.800. The number of hydrogen-bond acceptors (Lipinski definition) is 4. The van der Waals surface area contributed by atoms with Gasteiger partial charge in [-0.05, 0) is 19.3 Å². The molecule has 0 bridgehead atoms. The largest absolute Gasteiger partial charge is 0.411 e. The van der Waals surface area contributed by atoms with Crippen molar-refractivity contribution in [3.05, 3.63) is 0 Å². The molecule has 1 atom stereocenters. The summed E-state index contributed by atoms with van der Waals surface area (Å²) < 4.78 is 0. The minimum atomic E-state index is -0.116. The van der Waals surface area contributed by atoms with Crippen molar-refractivity contribution < 1.29 is 10.4 Å². The van der Waals surface area contributed by atoms with Gasteiger partial charge in [0.1, 0.15) is 0 Å². The van der Waals surface area contributed by atoms with Gasteiger partial charge in [0.15, 0.2) is 0 Å². The third-order valence-electron chi connectivity index (χ3n) is 1.61. The molecule has 0 aliphatic heterocycles. The summed E-state index contributed by atoms with van der Waals surface area (Å²) in [6.45, 7) is 0. The predicted molar refractivity (Wildman–Crippen MR) is 31.8 cm³/mol. The first-order valence-electron chi connectivity index (χ1n) is 2.99. The second kappa shape index (κ2) is 2.80. The first-order chi connectivity index (χ1) is 4.38. The molecule has 1 aliphatic carbocycles. The van der Waals surface area contributed by atoms with Gasteiger partial charge >= 0.3 is 0 Å². The minimum absolute atomic E-state index is 0.116. The van der Waals surface area contributed by atoms with Gasteiger partial charge in [-0.3, -0.25) is 0 Å². The molecular weight excluding hydrogens is 120 g/mol. The Morgan fingerprint density at radius 3 is 2.89 bits per heavy atom. The summed E-state index contributed by atoms with van der Waals surface area (Å²) in [5.74, 6) is 0. The highest BCUT2D eigenvalue weighted by molar-refractivity contribution is 5.90. The molecule has 3 N–H and O–H groups in total. The first-order valence-corrected chi connectivity index (χ1v) is 2.99. The highest BCUT2D eigenvalue weighted by Crippen LogP contribution is 2.14. The average molecular weight is 130 g/mol. The summed E-state index contributed by atoms with van der Waals surface area (Å²) in [4.78, 5) is 0. The van der Waals surface area contributed by atoms with Crippen molar-refractivity contribution in [2.24, 2.45) is 5.16 Å². The quantitative estimate of drug-likeness (QED) is 0.354. The lowest BCUT2D eigenvalue weighted by Gasteiger charge is -2.04. The second-order valence-electron chi connectivity index (χ2n) is 2.17. The van der Waals surface area contributed by atoms with Gasteiger partial charge in [0, 0.05) is 0 Å². The summed E-state index contributed by atoms with van der Waals surface area (Å²) in [6, 6.07) is -0.116. The number of hydroxylamine groups is 1. The molecule has 0 saturated heterocycles. The molecule has 0 radical (unpaired) electrons. The lowest BCUT2D eigenvalue weighted by molar-refractivity contribution is 0.148. The topological polar surface area (TPSA) is 64.9 Å². The Hall–Kier alpha value is -0.610. The van der Waals surface area contributed by atoms with Crippen molar-refractivity contribution in [2.45, 2.75) is 25.3 Å². The Morgan fingerprint density at radius 1 is 1.67 bits per heavy atom. The molecule has 1 fully saturated rings. The summed E-state index contributed by atoms with van der Waals surface area (Å²) in [5.41, 5.74) is 2.72. The number of oxime groups is 1. The van der Waals surface area contributed by atoms with Crippen LogP contribution in [0.15, 0.2) is 5.16 Å². The zero-order valence-electron chi connectivity index (χ0n) is 5.04. The van der Waals surface area contributed by atoms with Crippen LogP contribution in [0.5, 0.6) is 0 Å². The lowest BCUT2D eigenvalue weighted by Crippen LogP contribution is -2.29. The third kappa shape index (κ3) is 1.20. The SMILES string of the molecule is O/N=C1/CCC[C@@H]1NO. The van der Waals surface area contributed by atoms with E-state index >= 15 is 0 Å². The van der Waals surface area contributed by atoms with Crippen molar-refractivity contribution >= 4 is 5.71 Å². The van der Waals surface area contributed by atoms with Crippen molar-refractivity contribution in [1.29, 1.82) is 0 Å². The number of hydrogen-bond donors (Lipinski definition) is 3. The van der Waals surface area contributed by atoms with Crippen LogP contribution in [-0.2, 0) is 0 Å².